The van der Waals surface area contributed by atoms with Gasteiger partial charge in [-0.25, -0.2) is 0 Å². The summed E-state index contributed by atoms with van der Waals surface area (Å²) in [5, 5.41) is 0. The maximum absolute atomic E-state index is 12.9. The number of hydrogen-bond acceptors (Lipinski definition) is 5. The Morgan fingerprint density at radius 1 is 1.00 bits per heavy atom. The zero-order valence-electron chi connectivity index (χ0n) is 15.2. The predicted molar refractivity (Wildman–Crippen MR) is 97.1 cm³/mol. The molecular formula is C20H23NO5. The van der Waals surface area contributed by atoms with E-state index in [2.05, 4.69) is 0 Å². The summed E-state index contributed by atoms with van der Waals surface area (Å²) in [6, 6.07) is 12.9. The summed E-state index contributed by atoms with van der Waals surface area (Å²) in [7, 11) is 4.76. The van der Waals surface area contributed by atoms with Crippen molar-refractivity contribution in [3.63, 3.8) is 0 Å². The van der Waals surface area contributed by atoms with Crippen LogP contribution in [-0.4, -0.2) is 51.8 Å². The number of carbonyl (C=O) groups is 1. The van der Waals surface area contributed by atoms with Crippen molar-refractivity contribution in [2.24, 2.45) is 0 Å². The Hall–Kier alpha value is -2.73. The molecule has 138 valence electrons. The van der Waals surface area contributed by atoms with E-state index in [0.717, 1.165) is 11.3 Å². The Labute approximate surface area is 153 Å². The number of ether oxygens (including phenoxy) is 4. The van der Waals surface area contributed by atoms with E-state index in [1.807, 2.05) is 24.3 Å². The predicted octanol–water partition coefficient (Wildman–Crippen LogP) is 2.93. The molecule has 1 aliphatic rings. The number of nitrogens with zero attached hydrogens (tertiary/aromatic N) is 1. The summed E-state index contributed by atoms with van der Waals surface area (Å²) in [6.07, 6.45) is -0.154. The molecule has 0 spiro atoms. The summed E-state index contributed by atoms with van der Waals surface area (Å²) in [5.74, 6) is 1.89. The minimum Gasteiger partial charge on any atom is -0.497 e. The zero-order chi connectivity index (χ0) is 18.5. The van der Waals surface area contributed by atoms with Crippen molar-refractivity contribution in [2.75, 3.05) is 41.0 Å². The SMILES string of the molecule is COc1ccc(C2CN(C(=O)c3ccc(OC)c(OC)c3)CCO2)cc1. The molecular weight excluding hydrogens is 334 g/mol. The van der Waals surface area contributed by atoms with Crippen LogP contribution in [0.15, 0.2) is 42.5 Å². The van der Waals surface area contributed by atoms with E-state index in [0.29, 0.717) is 36.8 Å². The van der Waals surface area contributed by atoms with Crippen LogP contribution in [0.25, 0.3) is 0 Å². The molecule has 0 aliphatic carbocycles. The van der Waals surface area contributed by atoms with Gasteiger partial charge in [-0.1, -0.05) is 12.1 Å². The van der Waals surface area contributed by atoms with Crippen LogP contribution in [0.2, 0.25) is 0 Å². The molecule has 1 heterocycles. The van der Waals surface area contributed by atoms with E-state index in [9.17, 15) is 4.79 Å². The average Bonchev–Trinajstić information content (AvgIpc) is 2.72. The number of methoxy groups -OCH3 is 3. The fourth-order valence-electron chi connectivity index (χ4n) is 3.01. The van der Waals surface area contributed by atoms with Gasteiger partial charge in [0.2, 0.25) is 0 Å². The lowest BCUT2D eigenvalue weighted by atomic mass is 10.1. The zero-order valence-corrected chi connectivity index (χ0v) is 15.2. The van der Waals surface area contributed by atoms with Crippen LogP contribution >= 0.6 is 0 Å². The summed E-state index contributed by atoms with van der Waals surface area (Å²) < 4.78 is 21.6. The average molecular weight is 357 g/mol. The molecule has 0 radical (unpaired) electrons. The molecule has 0 aromatic heterocycles. The molecule has 2 aromatic carbocycles. The highest BCUT2D eigenvalue weighted by atomic mass is 16.5. The van der Waals surface area contributed by atoms with Crippen molar-refractivity contribution in [3.05, 3.63) is 53.6 Å². The first-order valence-corrected chi connectivity index (χ1v) is 8.43. The smallest absolute Gasteiger partial charge is 0.254 e. The van der Waals surface area contributed by atoms with E-state index in [4.69, 9.17) is 18.9 Å². The molecule has 1 atom stereocenters. The van der Waals surface area contributed by atoms with Gasteiger partial charge < -0.3 is 23.8 Å². The highest BCUT2D eigenvalue weighted by molar-refractivity contribution is 5.95. The van der Waals surface area contributed by atoms with Gasteiger partial charge in [0.25, 0.3) is 5.91 Å². The fraction of sp³-hybridized carbons (Fsp3) is 0.350. The quantitative estimate of drug-likeness (QED) is 0.823. The molecule has 1 aliphatic heterocycles. The van der Waals surface area contributed by atoms with Gasteiger partial charge in [0.1, 0.15) is 11.9 Å². The molecule has 6 nitrogen and oxygen atoms in total. The second-order valence-electron chi connectivity index (χ2n) is 5.95. The maximum Gasteiger partial charge on any atom is 0.254 e. The molecule has 0 saturated carbocycles. The molecule has 1 unspecified atom stereocenters. The lowest BCUT2D eigenvalue weighted by Gasteiger charge is -2.33. The van der Waals surface area contributed by atoms with Crippen LogP contribution < -0.4 is 14.2 Å². The summed E-state index contributed by atoms with van der Waals surface area (Å²) in [4.78, 5) is 14.7. The minimum atomic E-state index is -0.154. The molecule has 2 aromatic rings. The number of carbonyl (C=O) groups excluding carboxylic acids is 1. The third kappa shape index (κ3) is 3.75. The van der Waals surface area contributed by atoms with E-state index in [1.54, 1.807) is 44.4 Å². The fourth-order valence-corrected chi connectivity index (χ4v) is 3.01. The van der Waals surface area contributed by atoms with Gasteiger partial charge in [0.15, 0.2) is 11.5 Å². The van der Waals surface area contributed by atoms with Gasteiger partial charge in [-0.05, 0) is 35.9 Å². The number of morpholine rings is 1. The van der Waals surface area contributed by atoms with Crippen molar-refractivity contribution in [2.45, 2.75) is 6.10 Å². The first-order chi connectivity index (χ1) is 12.7. The molecule has 1 amide bonds. The van der Waals surface area contributed by atoms with Crippen molar-refractivity contribution < 1.29 is 23.7 Å². The van der Waals surface area contributed by atoms with Crippen LogP contribution in [-0.2, 0) is 4.74 Å². The first-order valence-electron chi connectivity index (χ1n) is 8.43. The first kappa shape index (κ1) is 18.1. The van der Waals surface area contributed by atoms with Crippen LogP contribution in [0.5, 0.6) is 17.2 Å². The number of amides is 1. The topological polar surface area (TPSA) is 57.2 Å². The Bertz CT molecular complexity index is 759. The lowest BCUT2D eigenvalue weighted by Crippen LogP contribution is -2.42. The summed E-state index contributed by atoms with van der Waals surface area (Å²) in [6.45, 7) is 1.55. The second kappa shape index (κ2) is 8.10. The molecule has 6 heteroatoms. The highest BCUT2D eigenvalue weighted by Gasteiger charge is 2.26. The van der Waals surface area contributed by atoms with Gasteiger partial charge in [0, 0.05) is 12.1 Å². The minimum absolute atomic E-state index is 0.0484. The molecule has 1 fully saturated rings. The molecule has 1 saturated heterocycles. The Kier molecular flexibility index (Phi) is 5.63. The van der Waals surface area contributed by atoms with Crippen LogP contribution in [0.3, 0.4) is 0 Å². The Balaban J connectivity index is 1.75. The molecule has 0 bridgehead atoms. The van der Waals surface area contributed by atoms with Crippen LogP contribution in [0.1, 0.15) is 22.0 Å². The van der Waals surface area contributed by atoms with E-state index >= 15 is 0 Å². The van der Waals surface area contributed by atoms with Crippen LogP contribution in [0, 0.1) is 0 Å². The number of hydrogen-bond donors (Lipinski definition) is 0. The highest BCUT2D eigenvalue weighted by Crippen LogP contribution is 2.29. The van der Waals surface area contributed by atoms with Gasteiger partial charge in [0.05, 0.1) is 34.5 Å². The van der Waals surface area contributed by atoms with Gasteiger partial charge in [-0.2, -0.15) is 0 Å². The van der Waals surface area contributed by atoms with Crippen molar-refractivity contribution in [1.82, 2.24) is 4.90 Å². The third-order valence-electron chi connectivity index (χ3n) is 4.47. The summed E-state index contributed by atoms with van der Waals surface area (Å²) in [5.41, 5.74) is 1.59. The molecule has 3 rings (SSSR count). The van der Waals surface area contributed by atoms with Crippen molar-refractivity contribution in [1.29, 1.82) is 0 Å². The van der Waals surface area contributed by atoms with E-state index < -0.39 is 0 Å². The van der Waals surface area contributed by atoms with E-state index in [-0.39, 0.29) is 12.0 Å². The standard InChI is InChI=1S/C20H23NO5/c1-23-16-7-4-14(5-8-16)19-13-21(10-11-26-19)20(22)15-6-9-17(24-2)18(12-15)25-3/h4-9,12,19H,10-11,13H2,1-3H3. The Morgan fingerprint density at radius 3 is 2.38 bits per heavy atom. The molecule has 26 heavy (non-hydrogen) atoms. The third-order valence-corrected chi connectivity index (χ3v) is 4.47. The second-order valence-corrected chi connectivity index (χ2v) is 5.95. The maximum atomic E-state index is 12.9. The Morgan fingerprint density at radius 2 is 1.73 bits per heavy atom. The number of rotatable bonds is 5. The van der Waals surface area contributed by atoms with Crippen molar-refractivity contribution >= 4 is 5.91 Å². The largest absolute Gasteiger partial charge is 0.497 e. The molecule has 0 N–H and O–H groups in total. The monoisotopic (exact) mass is 357 g/mol. The summed E-state index contributed by atoms with van der Waals surface area (Å²) >= 11 is 0. The van der Waals surface area contributed by atoms with Gasteiger partial charge >= 0.3 is 0 Å². The van der Waals surface area contributed by atoms with Crippen molar-refractivity contribution in [3.8, 4) is 17.2 Å². The van der Waals surface area contributed by atoms with Crippen LogP contribution in [0.4, 0.5) is 0 Å². The lowest BCUT2D eigenvalue weighted by molar-refractivity contribution is -0.0228. The van der Waals surface area contributed by atoms with Gasteiger partial charge in [-0.3, -0.25) is 4.79 Å². The number of benzene rings is 2. The normalized spacial score (nSPS) is 16.9. The van der Waals surface area contributed by atoms with Gasteiger partial charge in [-0.15, -0.1) is 0 Å². The van der Waals surface area contributed by atoms with E-state index in [1.165, 1.54) is 0 Å².